The molecule has 0 aromatic heterocycles. The van der Waals surface area contributed by atoms with E-state index in [1.807, 2.05) is 0 Å². The first-order valence-electron chi connectivity index (χ1n) is 17.1. The Kier molecular flexibility index (Phi) is 30.0. The highest BCUT2D eigenvalue weighted by molar-refractivity contribution is 5.69. The molecule has 8 nitrogen and oxygen atoms in total. The first-order chi connectivity index (χ1) is 20.3. The number of nitrogens with one attached hydrogen (secondary N) is 1. The Labute approximate surface area is 252 Å². The van der Waals surface area contributed by atoms with Crippen LogP contribution in [0, 0.1) is 0 Å². The summed E-state index contributed by atoms with van der Waals surface area (Å²) >= 11 is 0. The number of rotatable bonds is 32. The van der Waals surface area contributed by atoms with Crippen molar-refractivity contribution in [3.63, 3.8) is 0 Å². The van der Waals surface area contributed by atoms with Gasteiger partial charge in [0.1, 0.15) is 6.61 Å². The van der Waals surface area contributed by atoms with Crippen LogP contribution in [0.15, 0.2) is 0 Å². The molecule has 244 valence electrons. The lowest BCUT2D eigenvalue weighted by Crippen LogP contribution is -2.33. The maximum atomic E-state index is 11.8. The van der Waals surface area contributed by atoms with Crippen LogP contribution in [0.5, 0.6) is 0 Å². The van der Waals surface area contributed by atoms with Crippen molar-refractivity contribution in [2.24, 2.45) is 0 Å². The van der Waals surface area contributed by atoms with Crippen molar-refractivity contribution in [3.8, 4) is 0 Å². The van der Waals surface area contributed by atoms with Crippen LogP contribution in [0.1, 0.15) is 122 Å². The van der Waals surface area contributed by atoms with E-state index in [9.17, 15) is 4.79 Å². The smallest absolute Gasteiger partial charge is 0.305 e. The van der Waals surface area contributed by atoms with Gasteiger partial charge >= 0.3 is 5.97 Å². The summed E-state index contributed by atoms with van der Waals surface area (Å²) in [7, 11) is 0. The van der Waals surface area contributed by atoms with Gasteiger partial charge in [-0.2, -0.15) is 0 Å². The Morgan fingerprint density at radius 1 is 0.537 bits per heavy atom. The first-order valence-corrected chi connectivity index (χ1v) is 17.1. The Morgan fingerprint density at radius 2 is 0.927 bits per heavy atom. The molecule has 1 rings (SSSR count). The van der Waals surface area contributed by atoms with Crippen LogP contribution in [0.4, 0.5) is 0 Å². The molecule has 0 saturated carbocycles. The average molecular weight is 588 g/mol. The van der Waals surface area contributed by atoms with Gasteiger partial charge in [-0.3, -0.25) is 4.79 Å². The van der Waals surface area contributed by atoms with Gasteiger partial charge in [-0.25, -0.2) is 0 Å². The number of hydrogen-bond acceptors (Lipinski definition) is 8. The third-order valence-corrected chi connectivity index (χ3v) is 7.46. The summed E-state index contributed by atoms with van der Waals surface area (Å²) in [5.41, 5.74) is 0. The number of unbranched alkanes of at least 4 members (excludes halogenated alkanes) is 14. The quantitative estimate of drug-likeness (QED) is 0.0694. The summed E-state index contributed by atoms with van der Waals surface area (Å²) in [6, 6.07) is 0. The molecule has 8 heteroatoms. The third-order valence-electron chi connectivity index (χ3n) is 7.46. The minimum atomic E-state index is -0.116. The van der Waals surface area contributed by atoms with Crippen LogP contribution in [0.25, 0.3) is 0 Å². The molecule has 41 heavy (non-hydrogen) atoms. The zero-order valence-electron chi connectivity index (χ0n) is 26.6. The number of piperidine rings is 1. The highest BCUT2D eigenvalue weighted by atomic mass is 16.6. The predicted octanol–water partition coefficient (Wildman–Crippen LogP) is 6.63. The molecule has 0 amide bonds. The maximum Gasteiger partial charge on any atom is 0.305 e. The van der Waals surface area contributed by atoms with Crippen LogP contribution in [-0.4, -0.2) is 91.2 Å². The topological polar surface area (TPSA) is 84.5 Å². The summed E-state index contributed by atoms with van der Waals surface area (Å²) in [5, 5.41) is 3.33. The van der Waals surface area contributed by atoms with E-state index in [1.54, 1.807) is 0 Å². The van der Waals surface area contributed by atoms with Crippen LogP contribution in [0.3, 0.4) is 0 Å². The minimum Gasteiger partial charge on any atom is -0.463 e. The van der Waals surface area contributed by atoms with E-state index in [1.165, 1.54) is 83.5 Å². The van der Waals surface area contributed by atoms with E-state index in [2.05, 4.69) is 12.2 Å². The fourth-order valence-corrected chi connectivity index (χ4v) is 4.92. The van der Waals surface area contributed by atoms with Crippen molar-refractivity contribution in [3.05, 3.63) is 0 Å². The van der Waals surface area contributed by atoms with Crippen molar-refractivity contribution in [1.29, 1.82) is 0 Å². The number of hydrogen-bond donors (Lipinski definition) is 1. The Bertz CT molecular complexity index is 532. The summed E-state index contributed by atoms with van der Waals surface area (Å²) in [4.78, 5) is 11.8. The fourth-order valence-electron chi connectivity index (χ4n) is 4.92. The van der Waals surface area contributed by atoms with Gasteiger partial charge in [0.2, 0.25) is 0 Å². The predicted molar refractivity (Wildman–Crippen MR) is 166 cm³/mol. The van der Waals surface area contributed by atoms with Crippen molar-refractivity contribution in [2.45, 2.75) is 129 Å². The summed E-state index contributed by atoms with van der Waals surface area (Å²) in [5.74, 6) is -0.116. The van der Waals surface area contributed by atoms with Crippen LogP contribution in [-0.2, 0) is 33.2 Å². The largest absolute Gasteiger partial charge is 0.463 e. The van der Waals surface area contributed by atoms with E-state index >= 15 is 0 Å². The van der Waals surface area contributed by atoms with Gasteiger partial charge in [0.15, 0.2) is 0 Å². The van der Waals surface area contributed by atoms with Crippen LogP contribution < -0.4 is 5.32 Å². The van der Waals surface area contributed by atoms with Crippen LogP contribution >= 0.6 is 0 Å². The van der Waals surface area contributed by atoms with Crippen molar-refractivity contribution < 1.29 is 33.2 Å². The van der Waals surface area contributed by atoms with E-state index < -0.39 is 0 Å². The zero-order chi connectivity index (χ0) is 29.3. The molecular formula is C33H65NO7. The van der Waals surface area contributed by atoms with Gasteiger partial charge in [0, 0.05) is 6.42 Å². The van der Waals surface area contributed by atoms with E-state index in [0.717, 1.165) is 38.8 Å². The number of esters is 1. The molecule has 0 aromatic rings. The normalized spacial score (nSPS) is 14.1. The van der Waals surface area contributed by atoms with Gasteiger partial charge < -0.3 is 33.7 Å². The molecule has 0 aliphatic carbocycles. The van der Waals surface area contributed by atoms with Crippen molar-refractivity contribution >= 4 is 5.97 Å². The van der Waals surface area contributed by atoms with Crippen molar-refractivity contribution in [2.75, 3.05) is 79.2 Å². The number of ether oxygens (including phenoxy) is 6. The summed E-state index contributed by atoms with van der Waals surface area (Å²) < 4.78 is 33.0. The lowest BCUT2D eigenvalue weighted by atomic mass is 10.0. The molecular weight excluding hydrogens is 522 g/mol. The molecule has 1 saturated heterocycles. The SMILES string of the molecule is CCCCCCCCCCCCCCCCCC(=O)OCCOCCOCCOCCOCCOC1CCNCC1. The molecule has 0 bridgehead atoms. The Morgan fingerprint density at radius 3 is 1.39 bits per heavy atom. The maximum absolute atomic E-state index is 11.8. The molecule has 0 spiro atoms. The Hall–Kier alpha value is -0.770. The van der Waals surface area contributed by atoms with Gasteiger partial charge in [0.25, 0.3) is 0 Å². The number of carbonyl (C=O) groups is 1. The minimum absolute atomic E-state index is 0.116. The molecule has 1 aliphatic heterocycles. The highest BCUT2D eigenvalue weighted by Gasteiger charge is 2.12. The van der Waals surface area contributed by atoms with E-state index in [0.29, 0.717) is 78.6 Å². The molecule has 0 unspecified atom stereocenters. The average Bonchev–Trinajstić information content (AvgIpc) is 2.99. The third kappa shape index (κ3) is 29.1. The molecule has 0 radical (unpaired) electrons. The van der Waals surface area contributed by atoms with Crippen molar-refractivity contribution in [1.82, 2.24) is 5.32 Å². The molecule has 0 atom stereocenters. The molecule has 1 heterocycles. The van der Waals surface area contributed by atoms with Gasteiger partial charge in [-0.15, -0.1) is 0 Å². The lowest BCUT2D eigenvalue weighted by molar-refractivity contribution is -0.145. The second-order valence-electron chi connectivity index (χ2n) is 11.2. The van der Waals surface area contributed by atoms with E-state index in [4.69, 9.17) is 28.4 Å². The van der Waals surface area contributed by atoms with Gasteiger partial charge in [-0.1, -0.05) is 96.8 Å². The highest BCUT2D eigenvalue weighted by Crippen LogP contribution is 2.14. The lowest BCUT2D eigenvalue weighted by Gasteiger charge is -2.22. The summed E-state index contributed by atoms with van der Waals surface area (Å²) in [6.45, 7) is 9.49. The second kappa shape index (κ2) is 32.2. The summed E-state index contributed by atoms with van der Waals surface area (Å²) in [6.07, 6.45) is 22.9. The van der Waals surface area contributed by atoms with Gasteiger partial charge in [-0.05, 0) is 32.4 Å². The monoisotopic (exact) mass is 587 g/mol. The fraction of sp³-hybridized carbons (Fsp3) is 0.970. The van der Waals surface area contributed by atoms with Crippen LogP contribution in [0.2, 0.25) is 0 Å². The molecule has 1 aliphatic rings. The zero-order valence-corrected chi connectivity index (χ0v) is 26.6. The molecule has 0 aromatic carbocycles. The first kappa shape index (κ1) is 38.3. The van der Waals surface area contributed by atoms with E-state index in [-0.39, 0.29) is 5.97 Å². The molecule has 1 fully saturated rings. The number of carbonyl (C=O) groups excluding carboxylic acids is 1. The van der Waals surface area contributed by atoms with Gasteiger partial charge in [0.05, 0.1) is 65.6 Å². The second-order valence-corrected chi connectivity index (χ2v) is 11.2. The Balaban J connectivity index is 1.66. The molecule has 1 N–H and O–H groups in total. The standard InChI is InChI=1S/C33H65NO7/c1-2-3-4-5-6-7-8-9-10-11-12-13-14-15-16-17-33(35)41-31-29-39-27-25-37-23-22-36-24-26-38-28-30-40-32-18-20-34-21-19-32/h32,34H,2-31H2,1H3.